The molecule has 1 nitrogen and oxygen atoms in total. The first-order valence-electron chi connectivity index (χ1n) is 10.2. The van der Waals surface area contributed by atoms with Gasteiger partial charge in [0.1, 0.15) is 0 Å². The van der Waals surface area contributed by atoms with Gasteiger partial charge in [-0.05, 0) is 30.0 Å². The summed E-state index contributed by atoms with van der Waals surface area (Å²) in [5, 5.41) is 0. The normalized spacial score (nSPS) is 12.9. The van der Waals surface area contributed by atoms with Gasteiger partial charge in [0.05, 0.1) is 6.61 Å². The van der Waals surface area contributed by atoms with E-state index in [1.54, 1.807) is 0 Å². The molecule has 0 amide bonds. The highest BCUT2D eigenvalue weighted by Gasteiger charge is 2.16. The Bertz CT molecular complexity index is 615. The number of ether oxygens (including phenoxy) is 1. The minimum atomic E-state index is 0.444. The predicted octanol–water partition coefficient (Wildman–Crippen LogP) is 7.24. The molecule has 0 spiro atoms. The molecule has 1 heteroatoms. The molecule has 0 bridgehead atoms. The molecular weight excluding hydrogens is 316 g/mol. The number of hydrogen-bond donors (Lipinski definition) is 0. The average molecular weight is 351 g/mol. The lowest BCUT2D eigenvalue weighted by Gasteiger charge is -2.21. The summed E-state index contributed by atoms with van der Waals surface area (Å²) in [6, 6.07) is 21.5. The fourth-order valence-electron chi connectivity index (χ4n) is 3.38. The highest BCUT2D eigenvalue weighted by atomic mass is 16.5. The molecule has 0 saturated heterocycles. The van der Waals surface area contributed by atoms with Gasteiger partial charge in [-0.2, -0.15) is 0 Å². The Morgan fingerprint density at radius 2 is 1.50 bits per heavy atom. The summed E-state index contributed by atoms with van der Waals surface area (Å²) in [4.78, 5) is 0. The Labute approximate surface area is 160 Å². The zero-order valence-electron chi connectivity index (χ0n) is 16.5. The molecule has 0 saturated carbocycles. The molecule has 2 rings (SSSR count). The second-order valence-electron chi connectivity index (χ2n) is 6.94. The van der Waals surface area contributed by atoms with Crippen molar-refractivity contribution >= 4 is 11.6 Å². The predicted molar refractivity (Wildman–Crippen MR) is 114 cm³/mol. The van der Waals surface area contributed by atoms with Crippen molar-refractivity contribution in [3.8, 4) is 0 Å². The standard InChI is InChI=1S/C25H34O/c1-3-5-6-7-12-19-24(21-26-4-2)25(23-17-13-9-14-18-23)20-22-15-10-8-11-16-22/h8-11,13-18,20,24H,3-7,12,19,21H2,1-2H3. The second-order valence-corrected chi connectivity index (χ2v) is 6.94. The molecule has 0 N–H and O–H groups in total. The van der Waals surface area contributed by atoms with E-state index in [0.29, 0.717) is 5.92 Å². The minimum Gasteiger partial charge on any atom is -0.381 e. The third-order valence-corrected chi connectivity index (χ3v) is 4.85. The van der Waals surface area contributed by atoms with Crippen LogP contribution in [0.5, 0.6) is 0 Å². The lowest BCUT2D eigenvalue weighted by Crippen LogP contribution is -2.12. The van der Waals surface area contributed by atoms with Crippen molar-refractivity contribution in [2.24, 2.45) is 5.92 Å². The number of benzene rings is 2. The molecule has 2 aromatic rings. The quantitative estimate of drug-likeness (QED) is 0.289. The summed E-state index contributed by atoms with van der Waals surface area (Å²) in [6.45, 7) is 5.94. The van der Waals surface area contributed by atoms with Crippen LogP contribution in [-0.2, 0) is 4.74 Å². The van der Waals surface area contributed by atoms with E-state index in [1.807, 2.05) is 0 Å². The average Bonchev–Trinajstić information content (AvgIpc) is 2.70. The summed E-state index contributed by atoms with van der Waals surface area (Å²) in [5.74, 6) is 0.444. The fraction of sp³-hybridized carbons (Fsp3) is 0.440. The highest BCUT2D eigenvalue weighted by Crippen LogP contribution is 2.30. The van der Waals surface area contributed by atoms with Gasteiger partial charge in [-0.25, -0.2) is 0 Å². The third kappa shape index (κ3) is 7.17. The van der Waals surface area contributed by atoms with Crippen molar-refractivity contribution in [1.82, 2.24) is 0 Å². The number of unbranched alkanes of at least 4 members (excludes halogenated alkanes) is 4. The Morgan fingerprint density at radius 1 is 0.846 bits per heavy atom. The summed E-state index contributed by atoms with van der Waals surface area (Å²) in [5.41, 5.74) is 3.98. The molecular formula is C25H34O. The van der Waals surface area contributed by atoms with Gasteiger partial charge < -0.3 is 4.74 Å². The van der Waals surface area contributed by atoms with Crippen LogP contribution in [0.15, 0.2) is 60.7 Å². The van der Waals surface area contributed by atoms with E-state index in [9.17, 15) is 0 Å². The van der Waals surface area contributed by atoms with Gasteiger partial charge in [-0.15, -0.1) is 0 Å². The highest BCUT2D eigenvalue weighted by molar-refractivity contribution is 5.82. The van der Waals surface area contributed by atoms with Crippen molar-refractivity contribution in [2.75, 3.05) is 13.2 Å². The number of rotatable bonds is 12. The van der Waals surface area contributed by atoms with Crippen LogP contribution in [0, 0.1) is 5.92 Å². The lowest BCUT2D eigenvalue weighted by molar-refractivity contribution is 0.123. The van der Waals surface area contributed by atoms with Crippen molar-refractivity contribution in [3.63, 3.8) is 0 Å². The van der Waals surface area contributed by atoms with Crippen molar-refractivity contribution in [2.45, 2.75) is 52.4 Å². The topological polar surface area (TPSA) is 9.23 Å². The van der Waals surface area contributed by atoms with Crippen LogP contribution in [0.2, 0.25) is 0 Å². The van der Waals surface area contributed by atoms with E-state index in [-0.39, 0.29) is 0 Å². The molecule has 26 heavy (non-hydrogen) atoms. The van der Waals surface area contributed by atoms with Gasteiger partial charge in [-0.3, -0.25) is 0 Å². The Morgan fingerprint density at radius 3 is 2.15 bits per heavy atom. The first-order chi connectivity index (χ1) is 12.8. The largest absolute Gasteiger partial charge is 0.381 e. The number of hydrogen-bond acceptors (Lipinski definition) is 1. The van der Waals surface area contributed by atoms with Crippen LogP contribution < -0.4 is 0 Å². The molecule has 0 heterocycles. The molecule has 140 valence electrons. The molecule has 0 fully saturated rings. The zero-order chi connectivity index (χ0) is 18.5. The van der Waals surface area contributed by atoms with Crippen LogP contribution in [-0.4, -0.2) is 13.2 Å². The minimum absolute atomic E-state index is 0.444. The maximum atomic E-state index is 5.87. The first kappa shape index (κ1) is 20.5. The molecule has 0 aromatic heterocycles. The summed E-state index contributed by atoms with van der Waals surface area (Å²) in [7, 11) is 0. The molecule has 1 atom stereocenters. The van der Waals surface area contributed by atoms with Crippen molar-refractivity contribution < 1.29 is 4.74 Å². The van der Waals surface area contributed by atoms with E-state index in [1.165, 1.54) is 55.2 Å². The summed E-state index contributed by atoms with van der Waals surface area (Å²) >= 11 is 0. The van der Waals surface area contributed by atoms with Gasteiger partial charge in [0.25, 0.3) is 0 Å². The molecule has 1 unspecified atom stereocenters. The van der Waals surface area contributed by atoms with Crippen LogP contribution in [0.25, 0.3) is 11.6 Å². The van der Waals surface area contributed by atoms with Gasteiger partial charge in [-0.1, -0.05) is 106 Å². The van der Waals surface area contributed by atoms with Crippen molar-refractivity contribution in [1.29, 1.82) is 0 Å². The third-order valence-electron chi connectivity index (χ3n) is 4.85. The van der Waals surface area contributed by atoms with Crippen LogP contribution >= 0.6 is 0 Å². The SMILES string of the molecule is CCCCCCCC(COCC)C(=Cc1ccccc1)c1ccccc1. The maximum absolute atomic E-state index is 5.87. The molecule has 2 aromatic carbocycles. The summed E-state index contributed by atoms with van der Waals surface area (Å²) < 4.78 is 5.87. The molecule has 0 radical (unpaired) electrons. The van der Waals surface area contributed by atoms with Gasteiger partial charge in [0.2, 0.25) is 0 Å². The monoisotopic (exact) mass is 350 g/mol. The lowest BCUT2D eigenvalue weighted by atomic mass is 9.87. The molecule has 0 aliphatic heterocycles. The Balaban J connectivity index is 2.21. The first-order valence-corrected chi connectivity index (χ1v) is 10.2. The fourth-order valence-corrected chi connectivity index (χ4v) is 3.38. The van der Waals surface area contributed by atoms with Crippen LogP contribution in [0.3, 0.4) is 0 Å². The van der Waals surface area contributed by atoms with E-state index < -0.39 is 0 Å². The zero-order valence-corrected chi connectivity index (χ0v) is 16.5. The second kappa shape index (κ2) is 12.5. The van der Waals surface area contributed by atoms with Crippen LogP contribution in [0.4, 0.5) is 0 Å². The van der Waals surface area contributed by atoms with E-state index >= 15 is 0 Å². The van der Waals surface area contributed by atoms with E-state index in [0.717, 1.165) is 13.2 Å². The van der Waals surface area contributed by atoms with Crippen LogP contribution in [0.1, 0.15) is 63.5 Å². The summed E-state index contributed by atoms with van der Waals surface area (Å²) in [6.07, 6.45) is 10.1. The Kier molecular flexibility index (Phi) is 9.82. The van der Waals surface area contributed by atoms with E-state index in [4.69, 9.17) is 4.74 Å². The Hall–Kier alpha value is -1.86. The van der Waals surface area contributed by atoms with E-state index in [2.05, 4.69) is 80.6 Å². The van der Waals surface area contributed by atoms with Gasteiger partial charge in [0.15, 0.2) is 0 Å². The molecule has 0 aliphatic carbocycles. The van der Waals surface area contributed by atoms with Gasteiger partial charge >= 0.3 is 0 Å². The van der Waals surface area contributed by atoms with Crippen molar-refractivity contribution in [3.05, 3.63) is 71.8 Å². The molecule has 0 aliphatic rings. The van der Waals surface area contributed by atoms with Gasteiger partial charge in [0, 0.05) is 12.5 Å². The smallest absolute Gasteiger partial charge is 0.0534 e. The maximum Gasteiger partial charge on any atom is 0.0534 e.